The second-order valence-corrected chi connectivity index (χ2v) is 6.28. The number of carbonyl (C=O) groups is 1. The highest BCUT2D eigenvalue weighted by molar-refractivity contribution is 5.75. The number of hydrogen-bond acceptors (Lipinski definition) is 4. The number of amides is 2. The van der Waals surface area contributed by atoms with Crippen molar-refractivity contribution in [2.75, 3.05) is 32.8 Å². The molecule has 2 aromatic rings. The highest BCUT2D eigenvalue weighted by atomic mass is 16.5. The summed E-state index contributed by atoms with van der Waals surface area (Å²) < 4.78 is 6.88. The van der Waals surface area contributed by atoms with Crippen molar-refractivity contribution in [2.45, 2.75) is 19.9 Å². The van der Waals surface area contributed by atoms with Gasteiger partial charge in [0.1, 0.15) is 5.65 Å². The number of aryl methyl sites for hydroxylation is 1. The highest BCUT2D eigenvalue weighted by Crippen LogP contribution is 2.18. The van der Waals surface area contributed by atoms with Gasteiger partial charge in [0.2, 0.25) is 0 Å². The largest absolute Gasteiger partial charge is 0.378 e. The molecule has 126 valence electrons. The van der Waals surface area contributed by atoms with Gasteiger partial charge in [-0.2, -0.15) is 0 Å². The third kappa shape index (κ3) is 2.45. The summed E-state index contributed by atoms with van der Waals surface area (Å²) in [5, 5.41) is 0. The van der Waals surface area contributed by atoms with E-state index in [9.17, 15) is 9.59 Å². The lowest BCUT2D eigenvalue weighted by molar-refractivity contribution is 0.0420. The molecule has 0 bridgehead atoms. The summed E-state index contributed by atoms with van der Waals surface area (Å²) >= 11 is 0. The van der Waals surface area contributed by atoms with Crippen molar-refractivity contribution in [3.8, 4) is 0 Å². The summed E-state index contributed by atoms with van der Waals surface area (Å²) in [7, 11) is 0. The van der Waals surface area contributed by atoms with Crippen LogP contribution in [-0.2, 0) is 17.7 Å². The zero-order chi connectivity index (χ0) is 16.7. The molecule has 7 heteroatoms. The maximum Gasteiger partial charge on any atom is 0.320 e. The van der Waals surface area contributed by atoms with Crippen LogP contribution < -0.4 is 5.56 Å². The molecular weight excluding hydrogens is 308 g/mol. The Balaban J connectivity index is 1.67. The monoisotopic (exact) mass is 328 g/mol. The molecule has 2 aromatic heterocycles. The average molecular weight is 328 g/mol. The van der Waals surface area contributed by atoms with Crippen LogP contribution in [0.25, 0.3) is 5.65 Å². The lowest BCUT2D eigenvalue weighted by atomic mass is 10.1. The van der Waals surface area contributed by atoms with Crippen molar-refractivity contribution in [1.29, 1.82) is 0 Å². The summed E-state index contributed by atoms with van der Waals surface area (Å²) in [5.74, 6) is 0. The van der Waals surface area contributed by atoms with Crippen molar-refractivity contribution in [3.63, 3.8) is 0 Å². The molecule has 4 heterocycles. The van der Waals surface area contributed by atoms with Crippen molar-refractivity contribution < 1.29 is 9.53 Å². The van der Waals surface area contributed by atoms with Gasteiger partial charge in [-0.3, -0.25) is 9.20 Å². The number of aromatic nitrogens is 2. The van der Waals surface area contributed by atoms with Gasteiger partial charge in [0, 0.05) is 32.3 Å². The van der Waals surface area contributed by atoms with E-state index in [2.05, 4.69) is 4.98 Å². The Labute approximate surface area is 139 Å². The molecule has 0 unspecified atom stereocenters. The zero-order valence-corrected chi connectivity index (χ0v) is 13.7. The maximum absolute atomic E-state index is 12.8. The summed E-state index contributed by atoms with van der Waals surface area (Å²) in [6.07, 6.45) is 2.35. The average Bonchev–Trinajstić information content (AvgIpc) is 2.63. The van der Waals surface area contributed by atoms with Crippen LogP contribution in [0.1, 0.15) is 16.8 Å². The van der Waals surface area contributed by atoms with E-state index in [1.807, 2.05) is 19.1 Å². The summed E-state index contributed by atoms with van der Waals surface area (Å²) in [5.41, 5.74) is 3.06. The first-order valence-electron chi connectivity index (χ1n) is 8.26. The van der Waals surface area contributed by atoms with E-state index in [4.69, 9.17) is 4.74 Å². The van der Waals surface area contributed by atoms with E-state index in [0.29, 0.717) is 57.0 Å². The molecule has 24 heavy (non-hydrogen) atoms. The van der Waals surface area contributed by atoms with Crippen LogP contribution in [0.4, 0.5) is 4.79 Å². The summed E-state index contributed by atoms with van der Waals surface area (Å²) in [6, 6.07) is 3.78. The number of morpholine rings is 1. The molecule has 0 aliphatic carbocycles. The van der Waals surface area contributed by atoms with E-state index in [1.165, 1.54) is 0 Å². The van der Waals surface area contributed by atoms with Gasteiger partial charge in [0.15, 0.2) is 0 Å². The van der Waals surface area contributed by atoms with Crippen LogP contribution >= 0.6 is 0 Å². The molecule has 0 spiro atoms. The first-order valence-corrected chi connectivity index (χ1v) is 8.26. The number of pyridine rings is 1. The Morgan fingerprint density at radius 2 is 2.00 bits per heavy atom. The number of hydrogen-bond donors (Lipinski definition) is 0. The Bertz CT molecular complexity index is 855. The van der Waals surface area contributed by atoms with Gasteiger partial charge in [-0.05, 0) is 18.6 Å². The predicted octanol–water partition coefficient (Wildman–Crippen LogP) is 0.813. The SMILES string of the molecule is Cc1cccn2c(=O)c3c(nc12)CCN(C(=O)N1CCOCC1)C3. The van der Waals surface area contributed by atoms with Crippen LogP contribution in [0.15, 0.2) is 23.1 Å². The van der Waals surface area contributed by atoms with E-state index in [-0.39, 0.29) is 11.6 Å². The molecular formula is C17H20N4O3. The Morgan fingerprint density at radius 1 is 1.21 bits per heavy atom. The molecule has 2 amide bonds. The fraction of sp³-hybridized carbons (Fsp3) is 0.471. The lowest BCUT2D eigenvalue weighted by Crippen LogP contribution is -2.50. The Hall–Kier alpha value is -2.41. The van der Waals surface area contributed by atoms with Crippen molar-refractivity contribution in [2.24, 2.45) is 0 Å². The zero-order valence-electron chi connectivity index (χ0n) is 13.7. The van der Waals surface area contributed by atoms with Gasteiger partial charge in [0.05, 0.1) is 31.0 Å². The number of nitrogens with zero attached hydrogens (tertiary/aromatic N) is 4. The maximum atomic E-state index is 12.8. The van der Waals surface area contributed by atoms with Crippen molar-refractivity contribution in [1.82, 2.24) is 19.2 Å². The van der Waals surface area contributed by atoms with Crippen LogP contribution in [0.3, 0.4) is 0 Å². The third-order valence-corrected chi connectivity index (χ3v) is 4.75. The minimum absolute atomic E-state index is 0.0160. The van der Waals surface area contributed by atoms with E-state index in [0.717, 1.165) is 11.3 Å². The minimum Gasteiger partial charge on any atom is -0.378 e. The smallest absolute Gasteiger partial charge is 0.320 e. The van der Waals surface area contributed by atoms with Crippen LogP contribution in [0, 0.1) is 6.92 Å². The summed E-state index contributed by atoms with van der Waals surface area (Å²) in [6.45, 7) is 5.23. The first kappa shape index (κ1) is 15.1. The molecule has 0 N–H and O–H groups in total. The molecule has 4 rings (SSSR count). The van der Waals surface area contributed by atoms with Crippen LogP contribution in [-0.4, -0.2) is 58.1 Å². The Morgan fingerprint density at radius 3 is 2.79 bits per heavy atom. The number of rotatable bonds is 0. The molecule has 0 atom stereocenters. The van der Waals surface area contributed by atoms with Gasteiger partial charge in [-0.15, -0.1) is 0 Å². The predicted molar refractivity (Wildman–Crippen MR) is 88.1 cm³/mol. The molecule has 0 aromatic carbocycles. The first-order chi connectivity index (χ1) is 11.6. The standard InChI is InChI=1S/C17H20N4O3/c1-12-3-2-5-21-15(12)18-14-4-6-20(11-13(14)16(21)22)17(23)19-7-9-24-10-8-19/h2-3,5H,4,6-11H2,1H3. The van der Waals surface area contributed by atoms with E-state index < -0.39 is 0 Å². The topological polar surface area (TPSA) is 67.2 Å². The molecule has 0 saturated carbocycles. The van der Waals surface area contributed by atoms with Gasteiger partial charge in [-0.25, -0.2) is 9.78 Å². The number of fused-ring (bicyclic) bond motifs is 2. The lowest BCUT2D eigenvalue weighted by Gasteiger charge is -2.35. The van der Waals surface area contributed by atoms with Crippen molar-refractivity contribution >= 4 is 11.7 Å². The number of carbonyl (C=O) groups excluding carboxylic acids is 1. The number of ether oxygens (including phenoxy) is 1. The third-order valence-electron chi connectivity index (χ3n) is 4.75. The summed E-state index contributed by atoms with van der Waals surface area (Å²) in [4.78, 5) is 33.7. The van der Waals surface area contributed by atoms with Crippen molar-refractivity contribution in [3.05, 3.63) is 45.5 Å². The molecule has 7 nitrogen and oxygen atoms in total. The second kappa shape index (κ2) is 5.90. The van der Waals surface area contributed by atoms with Crippen LogP contribution in [0.2, 0.25) is 0 Å². The minimum atomic E-state index is -0.0711. The van der Waals surface area contributed by atoms with E-state index in [1.54, 1.807) is 20.4 Å². The second-order valence-electron chi connectivity index (χ2n) is 6.28. The molecule has 2 aliphatic heterocycles. The normalized spacial score (nSPS) is 17.9. The van der Waals surface area contributed by atoms with Gasteiger partial charge >= 0.3 is 6.03 Å². The Kier molecular flexibility index (Phi) is 3.72. The van der Waals surface area contributed by atoms with E-state index >= 15 is 0 Å². The molecule has 1 fully saturated rings. The molecule has 1 saturated heterocycles. The fourth-order valence-corrected chi connectivity index (χ4v) is 3.37. The van der Waals surface area contributed by atoms with Gasteiger partial charge in [-0.1, -0.05) is 6.07 Å². The molecule has 0 radical (unpaired) electrons. The van der Waals surface area contributed by atoms with Gasteiger partial charge < -0.3 is 14.5 Å². The molecule has 2 aliphatic rings. The number of urea groups is 1. The fourth-order valence-electron chi connectivity index (χ4n) is 3.37. The van der Waals surface area contributed by atoms with Gasteiger partial charge in [0.25, 0.3) is 5.56 Å². The van der Waals surface area contributed by atoms with Crippen LogP contribution in [0.5, 0.6) is 0 Å². The quantitative estimate of drug-likeness (QED) is 0.718. The highest BCUT2D eigenvalue weighted by Gasteiger charge is 2.28.